The summed E-state index contributed by atoms with van der Waals surface area (Å²) in [4.78, 5) is 14.1. The summed E-state index contributed by atoms with van der Waals surface area (Å²) in [5, 5.41) is 12.2. The molecule has 0 aliphatic carbocycles. The number of benzene rings is 1. The number of furan rings is 1. The maximum absolute atomic E-state index is 10.5. The number of hydrogen-bond donors (Lipinski definition) is 0. The molecule has 6 nitrogen and oxygen atoms in total. The largest absolute Gasteiger partial charge is 0.433 e. The Bertz CT molecular complexity index is 775. The SMILES string of the molecule is O=[N+]([O-])c1ccc(C=Nc2snc3ccccc23)o1. The number of fused-ring (bicyclic) bond motifs is 1. The number of nitrogens with zero attached hydrogens (tertiary/aromatic N) is 3. The Morgan fingerprint density at radius 3 is 2.95 bits per heavy atom. The van der Waals surface area contributed by atoms with Crippen LogP contribution in [-0.4, -0.2) is 15.5 Å². The summed E-state index contributed by atoms with van der Waals surface area (Å²) >= 11 is 1.27. The summed E-state index contributed by atoms with van der Waals surface area (Å²) in [6, 6.07) is 10.5. The van der Waals surface area contributed by atoms with Crippen LogP contribution in [0, 0.1) is 10.1 Å². The minimum absolute atomic E-state index is 0.296. The lowest BCUT2D eigenvalue weighted by atomic mass is 10.2. The highest BCUT2D eigenvalue weighted by Crippen LogP contribution is 2.30. The maximum atomic E-state index is 10.5. The second-order valence-electron chi connectivity index (χ2n) is 3.70. The van der Waals surface area contributed by atoms with Crippen molar-refractivity contribution < 1.29 is 9.34 Å². The van der Waals surface area contributed by atoms with Gasteiger partial charge in [0.15, 0.2) is 5.76 Å². The normalized spacial score (nSPS) is 11.4. The van der Waals surface area contributed by atoms with Gasteiger partial charge in [0.25, 0.3) is 0 Å². The Morgan fingerprint density at radius 1 is 1.32 bits per heavy atom. The van der Waals surface area contributed by atoms with E-state index in [4.69, 9.17) is 4.42 Å². The van der Waals surface area contributed by atoms with Gasteiger partial charge in [-0.25, -0.2) is 4.99 Å². The van der Waals surface area contributed by atoms with Gasteiger partial charge >= 0.3 is 5.88 Å². The van der Waals surface area contributed by atoms with Gasteiger partial charge in [0.05, 0.1) is 17.8 Å². The molecule has 0 N–H and O–H groups in total. The number of rotatable bonds is 3. The first-order valence-corrected chi connectivity index (χ1v) is 6.14. The van der Waals surface area contributed by atoms with Gasteiger partial charge in [-0.15, -0.1) is 0 Å². The molecule has 0 bridgehead atoms. The summed E-state index contributed by atoms with van der Waals surface area (Å²) in [6.07, 6.45) is 1.45. The monoisotopic (exact) mass is 273 g/mol. The molecule has 0 unspecified atom stereocenters. The van der Waals surface area contributed by atoms with E-state index in [2.05, 4.69) is 9.37 Å². The fourth-order valence-electron chi connectivity index (χ4n) is 1.60. The van der Waals surface area contributed by atoms with Crippen LogP contribution in [0.25, 0.3) is 10.9 Å². The average Bonchev–Trinajstić information content (AvgIpc) is 3.03. The number of aliphatic imine (C=N–C) groups is 1. The van der Waals surface area contributed by atoms with Crippen molar-refractivity contribution in [1.82, 2.24) is 4.37 Å². The molecule has 7 heteroatoms. The zero-order valence-corrected chi connectivity index (χ0v) is 10.3. The second kappa shape index (κ2) is 4.62. The van der Waals surface area contributed by atoms with Crippen molar-refractivity contribution >= 4 is 39.5 Å². The molecule has 94 valence electrons. The number of hydrogen-bond acceptors (Lipinski definition) is 6. The summed E-state index contributed by atoms with van der Waals surface area (Å²) in [5.41, 5.74) is 0.880. The molecule has 0 saturated heterocycles. The highest BCUT2D eigenvalue weighted by molar-refractivity contribution is 7.11. The molecular formula is C12H7N3O3S. The Hall–Kier alpha value is -2.54. The van der Waals surface area contributed by atoms with Gasteiger partial charge in [0.2, 0.25) is 0 Å². The van der Waals surface area contributed by atoms with E-state index in [0.29, 0.717) is 5.76 Å². The van der Waals surface area contributed by atoms with Gasteiger partial charge < -0.3 is 4.42 Å². The van der Waals surface area contributed by atoms with E-state index in [1.165, 1.54) is 29.9 Å². The Balaban J connectivity index is 1.91. The Labute approximate surface area is 111 Å². The molecule has 0 radical (unpaired) electrons. The Kier molecular flexibility index (Phi) is 2.81. The molecule has 0 saturated carbocycles. The zero-order chi connectivity index (χ0) is 13.2. The van der Waals surface area contributed by atoms with Crippen LogP contribution < -0.4 is 0 Å². The van der Waals surface area contributed by atoms with Crippen LogP contribution in [0.3, 0.4) is 0 Å². The zero-order valence-electron chi connectivity index (χ0n) is 9.52. The predicted octanol–water partition coefficient (Wildman–Crippen LogP) is 3.55. The smallest absolute Gasteiger partial charge is 0.400 e. The van der Waals surface area contributed by atoms with Crippen molar-refractivity contribution in [3.05, 3.63) is 52.3 Å². The molecule has 3 aromatic rings. The van der Waals surface area contributed by atoms with Crippen molar-refractivity contribution in [2.45, 2.75) is 0 Å². The predicted molar refractivity (Wildman–Crippen MR) is 72.2 cm³/mol. The van der Waals surface area contributed by atoms with E-state index in [1.807, 2.05) is 24.3 Å². The third-order valence-electron chi connectivity index (χ3n) is 2.47. The highest BCUT2D eigenvalue weighted by Gasteiger charge is 2.10. The first-order valence-electron chi connectivity index (χ1n) is 5.37. The quantitative estimate of drug-likeness (QED) is 0.415. The van der Waals surface area contributed by atoms with E-state index in [-0.39, 0.29) is 5.88 Å². The van der Waals surface area contributed by atoms with Gasteiger partial charge in [-0.2, -0.15) is 4.37 Å². The van der Waals surface area contributed by atoms with Crippen molar-refractivity contribution in [2.75, 3.05) is 0 Å². The third kappa shape index (κ3) is 2.23. The summed E-state index contributed by atoms with van der Waals surface area (Å²) < 4.78 is 9.24. The van der Waals surface area contributed by atoms with Crippen LogP contribution in [0.15, 0.2) is 45.8 Å². The van der Waals surface area contributed by atoms with Crippen LogP contribution in [0.2, 0.25) is 0 Å². The first kappa shape index (κ1) is 11.5. The molecule has 2 aromatic heterocycles. The van der Waals surface area contributed by atoms with Crippen molar-refractivity contribution in [1.29, 1.82) is 0 Å². The minimum Gasteiger partial charge on any atom is -0.400 e. The molecule has 1 aromatic carbocycles. The average molecular weight is 273 g/mol. The van der Waals surface area contributed by atoms with Crippen LogP contribution in [0.4, 0.5) is 10.9 Å². The van der Waals surface area contributed by atoms with Gasteiger partial charge in [0, 0.05) is 5.39 Å². The molecule has 2 heterocycles. The van der Waals surface area contributed by atoms with Crippen LogP contribution in [-0.2, 0) is 0 Å². The minimum atomic E-state index is -0.584. The lowest BCUT2D eigenvalue weighted by molar-refractivity contribution is -0.402. The van der Waals surface area contributed by atoms with E-state index in [9.17, 15) is 10.1 Å². The Morgan fingerprint density at radius 2 is 2.16 bits per heavy atom. The first-order chi connectivity index (χ1) is 9.24. The number of aromatic nitrogens is 1. The van der Waals surface area contributed by atoms with E-state index >= 15 is 0 Å². The molecular weight excluding hydrogens is 266 g/mol. The van der Waals surface area contributed by atoms with E-state index in [0.717, 1.165) is 15.9 Å². The van der Waals surface area contributed by atoms with Crippen molar-refractivity contribution in [2.24, 2.45) is 4.99 Å². The lowest BCUT2D eigenvalue weighted by Gasteiger charge is -1.88. The van der Waals surface area contributed by atoms with E-state index < -0.39 is 4.92 Å². The molecule has 0 aliphatic heterocycles. The fraction of sp³-hybridized carbons (Fsp3) is 0. The molecule has 19 heavy (non-hydrogen) atoms. The molecule has 0 amide bonds. The topological polar surface area (TPSA) is 81.5 Å². The maximum Gasteiger partial charge on any atom is 0.433 e. The molecule has 0 atom stereocenters. The van der Waals surface area contributed by atoms with Gasteiger partial charge in [-0.1, -0.05) is 12.1 Å². The molecule has 3 rings (SSSR count). The van der Waals surface area contributed by atoms with E-state index in [1.54, 1.807) is 0 Å². The number of nitro groups is 1. The van der Waals surface area contributed by atoms with Crippen LogP contribution >= 0.6 is 11.5 Å². The van der Waals surface area contributed by atoms with Crippen molar-refractivity contribution in [3.8, 4) is 0 Å². The molecule has 0 aliphatic rings. The lowest BCUT2D eigenvalue weighted by Crippen LogP contribution is -1.83. The van der Waals surface area contributed by atoms with Crippen LogP contribution in [0.1, 0.15) is 5.76 Å². The van der Waals surface area contributed by atoms with Gasteiger partial charge in [-0.3, -0.25) is 10.1 Å². The highest BCUT2D eigenvalue weighted by atomic mass is 32.1. The molecule has 0 fully saturated rings. The van der Waals surface area contributed by atoms with Gasteiger partial charge in [0.1, 0.15) is 9.92 Å². The third-order valence-corrected chi connectivity index (χ3v) is 3.25. The standard InChI is InChI=1S/C12H7N3O3S/c16-15(17)11-6-5-8(18-11)7-13-12-9-3-1-2-4-10(9)14-19-12/h1-7H. The summed E-state index contributed by atoms with van der Waals surface area (Å²) in [7, 11) is 0. The molecule has 0 spiro atoms. The van der Waals surface area contributed by atoms with Crippen molar-refractivity contribution in [3.63, 3.8) is 0 Å². The second-order valence-corrected chi connectivity index (χ2v) is 4.45. The fourth-order valence-corrected chi connectivity index (χ4v) is 2.32. The summed E-state index contributed by atoms with van der Waals surface area (Å²) in [6.45, 7) is 0. The summed E-state index contributed by atoms with van der Waals surface area (Å²) in [5.74, 6) is 0.0415. The van der Waals surface area contributed by atoms with Gasteiger partial charge in [-0.05, 0) is 29.7 Å². The van der Waals surface area contributed by atoms with Crippen LogP contribution in [0.5, 0.6) is 0 Å².